The molecular weight excluding hydrogens is 269 g/mol. The van der Waals surface area contributed by atoms with Crippen LogP contribution in [0.15, 0.2) is 12.1 Å². The number of hydrogen-bond acceptors (Lipinski definition) is 2. The first-order valence-corrected chi connectivity index (χ1v) is 7.10. The molecule has 100 valence electrons. The summed E-state index contributed by atoms with van der Waals surface area (Å²) in [7, 11) is 0. The lowest BCUT2D eigenvalue weighted by molar-refractivity contribution is 0.0663. The quantitative estimate of drug-likeness (QED) is 0.878. The Morgan fingerprint density at radius 3 is 2.78 bits per heavy atom. The molecule has 0 fully saturated rings. The van der Waals surface area contributed by atoms with E-state index in [0.717, 1.165) is 30.7 Å². The minimum atomic E-state index is -0.212. The summed E-state index contributed by atoms with van der Waals surface area (Å²) in [4.78, 5) is 0. The largest absolute Gasteiger partial charge is 0.486 e. The van der Waals surface area contributed by atoms with Crippen LogP contribution in [0.25, 0.3) is 0 Å². The average Bonchev–Trinajstić information content (AvgIpc) is 2.27. The first kappa shape index (κ1) is 14.0. The number of benzene rings is 1. The van der Waals surface area contributed by atoms with Crippen molar-refractivity contribution in [1.82, 2.24) is 5.32 Å². The number of halogens is 2. The van der Waals surface area contributed by atoms with Crippen molar-refractivity contribution in [1.29, 1.82) is 0 Å². The van der Waals surface area contributed by atoms with Gasteiger partial charge in [0.25, 0.3) is 0 Å². The van der Waals surface area contributed by atoms with E-state index in [4.69, 9.17) is 27.9 Å². The molecule has 1 aromatic carbocycles. The number of fused-ring (bicyclic) bond motifs is 1. The van der Waals surface area contributed by atoms with Gasteiger partial charge in [-0.05, 0) is 38.9 Å². The van der Waals surface area contributed by atoms with Gasteiger partial charge < -0.3 is 10.1 Å². The minimum Gasteiger partial charge on any atom is -0.486 e. The third-order valence-electron chi connectivity index (χ3n) is 3.13. The molecule has 1 atom stereocenters. The van der Waals surface area contributed by atoms with Gasteiger partial charge in [0, 0.05) is 23.0 Å². The number of rotatable bonds is 3. The highest BCUT2D eigenvalue weighted by Gasteiger charge is 2.34. The highest BCUT2D eigenvalue weighted by atomic mass is 35.5. The summed E-state index contributed by atoms with van der Waals surface area (Å²) in [5, 5.41) is 4.79. The highest BCUT2D eigenvalue weighted by Crippen LogP contribution is 2.44. The van der Waals surface area contributed by atoms with Crippen LogP contribution >= 0.6 is 23.2 Å². The second-order valence-electron chi connectivity index (χ2n) is 5.38. The smallest absolute Gasteiger partial charge is 0.143 e. The van der Waals surface area contributed by atoms with Crippen LogP contribution in [0.1, 0.15) is 45.2 Å². The molecule has 0 aromatic heterocycles. The molecule has 1 aliphatic heterocycles. The van der Waals surface area contributed by atoms with Crippen molar-refractivity contribution < 1.29 is 4.74 Å². The zero-order chi connectivity index (χ0) is 13.3. The monoisotopic (exact) mass is 287 g/mol. The van der Waals surface area contributed by atoms with Crippen LogP contribution in [0.5, 0.6) is 5.75 Å². The number of nitrogens with one attached hydrogen (secondary N) is 1. The summed E-state index contributed by atoms with van der Waals surface area (Å²) in [6.45, 7) is 7.30. The topological polar surface area (TPSA) is 21.3 Å². The Morgan fingerprint density at radius 2 is 2.11 bits per heavy atom. The Labute approximate surface area is 119 Å². The van der Waals surface area contributed by atoms with Gasteiger partial charge in [-0.3, -0.25) is 0 Å². The van der Waals surface area contributed by atoms with Gasteiger partial charge in [-0.25, -0.2) is 0 Å². The summed E-state index contributed by atoms with van der Waals surface area (Å²) in [6, 6.07) is 3.94. The Kier molecular flexibility index (Phi) is 4.10. The predicted molar refractivity (Wildman–Crippen MR) is 76.8 cm³/mol. The molecule has 0 saturated carbocycles. The van der Waals surface area contributed by atoms with Gasteiger partial charge in [0.2, 0.25) is 0 Å². The first-order chi connectivity index (χ1) is 8.43. The van der Waals surface area contributed by atoms with Crippen LogP contribution in [-0.2, 0) is 0 Å². The summed E-state index contributed by atoms with van der Waals surface area (Å²) in [6.07, 6.45) is 2.01. The van der Waals surface area contributed by atoms with Crippen LogP contribution in [0.3, 0.4) is 0 Å². The molecular formula is C14H19Cl2NO. The van der Waals surface area contributed by atoms with Crippen LogP contribution < -0.4 is 10.1 Å². The summed E-state index contributed by atoms with van der Waals surface area (Å²) in [5.41, 5.74) is 0.857. The lowest BCUT2D eigenvalue weighted by atomic mass is 9.89. The van der Waals surface area contributed by atoms with E-state index >= 15 is 0 Å². The summed E-state index contributed by atoms with van der Waals surface area (Å²) < 4.78 is 5.98. The zero-order valence-electron chi connectivity index (χ0n) is 11.0. The van der Waals surface area contributed by atoms with Crippen molar-refractivity contribution in [2.24, 2.45) is 0 Å². The van der Waals surface area contributed by atoms with Gasteiger partial charge in [0.1, 0.15) is 11.4 Å². The van der Waals surface area contributed by atoms with Crippen LogP contribution in [0.4, 0.5) is 0 Å². The molecule has 0 radical (unpaired) electrons. The molecule has 0 saturated heterocycles. The second-order valence-corrected chi connectivity index (χ2v) is 6.22. The minimum absolute atomic E-state index is 0.212. The van der Waals surface area contributed by atoms with Crippen molar-refractivity contribution >= 4 is 23.2 Å². The lowest BCUT2D eigenvalue weighted by Gasteiger charge is -2.38. The average molecular weight is 288 g/mol. The van der Waals surface area contributed by atoms with E-state index in [-0.39, 0.29) is 11.6 Å². The van der Waals surface area contributed by atoms with Crippen molar-refractivity contribution in [3.8, 4) is 5.75 Å². The van der Waals surface area contributed by atoms with Crippen molar-refractivity contribution in [3.63, 3.8) is 0 Å². The molecule has 1 aromatic rings. The van der Waals surface area contributed by atoms with E-state index in [2.05, 4.69) is 26.1 Å². The second kappa shape index (κ2) is 5.28. The van der Waals surface area contributed by atoms with Crippen LogP contribution in [-0.4, -0.2) is 12.1 Å². The fourth-order valence-corrected chi connectivity index (χ4v) is 2.91. The van der Waals surface area contributed by atoms with Gasteiger partial charge in [-0.1, -0.05) is 30.1 Å². The summed E-state index contributed by atoms with van der Waals surface area (Å²) in [5.74, 6) is 0.769. The lowest BCUT2D eigenvalue weighted by Crippen LogP contribution is -2.39. The van der Waals surface area contributed by atoms with Crippen LogP contribution in [0, 0.1) is 0 Å². The molecule has 1 unspecified atom stereocenters. The molecule has 1 aliphatic rings. The molecule has 1 N–H and O–H groups in total. The Morgan fingerprint density at radius 1 is 1.39 bits per heavy atom. The van der Waals surface area contributed by atoms with Crippen LogP contribution in [0.2, 0.25) is 10.0 Å². The normalized spacial score (nSPS) is 21.3. The maximum absolute atomic E-state index is 6.24. The van der Waals surface area contributed by atoms with Gasteiger partial charge in [0.05, 0.1) is 5.02 Å². The molecule has 18 heavy (non-hydrogen) atoms. The van der Waals surface area contributed by atoms with Gasteiger partial charge >= 0.3 is 0 Å². The maximum Gasteiger partial charge on any atom is 0.143 e. The van der Waals surface area contributed by atoms with E-state index in [1.807, 2.05) is 6.07 Å². The van der Waals surface area contributed by atoms with Crippen molar-refractivity contribution in [2.75, 3.05) is 6.54 Å². The zero-order valence-corrected chi connectivity index (χ0v) is 12.5. The molecule has 0 aliphatic carbocycles. The first-order valence-electron chi connectivity index (χ1n) is 6.34. The van der Waals surface area contributed by atoms with Gasteiger partial charge in [-0.15, -0.1) is 0 Å². The predicted octanol–water partition coefficient (Wildman–Crippen LogP) is 4.60. The van der Waals surface area contributed by atoms with Gasteiger partial charge in [-0.2, -0.15) is 0 Å². The van der Waals surface area contributed by atoms with Crippen molar-refractivity contribution in [2.45, 2.75) is 45.3 Å². The molecule has 2 rings (SSSR count). The third-order valence-corrected chi connectivity index (χ3v) is 3.63. The fourth-order valence-electron chi connectivity index (χ4n) is 2.37. The highest BCUT2D eigenvalue weighted by molar-refractivity contribution is 6.35. The molecule has 1 heterocycles. The third kappa shape index (κ3) is 2.93. The Balaban J connectivity index is 2.40. The fraction of sp³-hybridized carbons (Fsp3) is 0.571. The SMILES string of the molecule is CCCNC1CC(C)(C)Oc2c(Cl)cc(Cl)cc21. The maximum atomic E-state index is 6.24. The van der Waals surface area contributed by atoms with E-state index in [9.17, 15) is 0 Å². The molecule has 0 amide bonds. The molecule has 0 bridgehead atoms. The Bertz CT molecular complexity index is 446. The molecule has 2 nitrogen and oxygen atoms in total. The Hall–Kier alpha value is -0.440. The number of hydrogen-bond donors (Lipinski definition) is 1. The van der Waals surface area contributed by atoms with Gasteiger partial charge in [0.15, 0.2) is 0 Å². The molecule has 4 heteroatoms. The van der Waals surface area contributed by atoms with Crippen molar-refractivity contribution in [3.05, 3.63) is 27.7 Å². The standard InChI is InChI=1S/C14H19Cl2NO/c1-4-5-17-12-8-14(2,3)18-13-10(12)6-9(15)7-11(13)16/h6-7,12,17H,4-5,8H2,1-3H3. The number of ether oxygens (including phenoxy) is 1. The molecule has 0 spiro atoms. The van der Waals surface area contributed by atoms with E-state index in [1.165, 1.54) is 0 Å². The van der Waals surface area contributed by atoms with E-state index in [0.29, 0.717) is 10.0 Å². The van der Waals surface area contributed by atoms with E-state index < -0.39 is 0 Å². The van der Waals surface area contributed by atoms with E-state index in [1.54, 1.807) is 6.07 Å². The summed E-state index contributed by atoms with van der Waals surface area (Å²) >= 11 is 12.3.